The molecule has 0 saturated carbocycles. The van der Waals surface area contributed by atoms with E-state index < -0.39 is 0 Å². The van der Waals surface area contributed by atoms with E-state index in [1.165, 1.54) is 0 Å². The molecule has 0 spiro atoms. The van der Waals surface area contributed by atoms with Gasteiger partial charge in [0.2, 0.25) is 0 Å². The van der Waals surface area contributed by atoms with E-state index in [0.29, 0.717) is 0 Å². The molecule has 2 aromatic rings. The minimum atomic E-state index is 0.233. The van der Waals surface area contributed by atoms with Crippen molar-refractivity contribution in [2.24, 2.45) is 0 Å². The summed E-state index contributed by atoms with van der Waals surface area (Å²) in [5.41, 5.74) is 6.33. The molecule has 2 heterocycles. The largest absolute Gasteiger partial charge is 0.469 e. The number of anilines is 1. The Hall–Kier alpha value is -1.71. The van der Waals surface area contributed by atoms with E-state index in [1.807, 2.05) is 19.1 Å². The fourth-order valence-corrected chi connectivity index (χ4v) is 1.38. The molecule has 0 saturated heterocycles. The lowest BCUT2D eigenvalue weighted by Gasteiger charge is -1.94. The van der Waals surface area contributed by atoms with Gasteiger partial charge in [0.25, 0.3) is 6.01 Å². The van der Waals surface area contributed by atoms with Crippen molar-refractivity contribution in [1.82, 2.24) is 4.98 Å². The molecule has 2 rings (SSSR count). The first-order chi connectivity index (χ1) is 6.75. The Kier molecular flexibility index (Phi) is 2.26. The van der Waals surface area contributed by atoms with Gasteiger partial charge in [-0.25, -0.2) is 0 Å². The van der Waals surface area contributed by atoms with Crippen LogP contribution in [0.4, 0.5) is 6.01 Å². The zero-order valence-corrected chi connectivity index (χ0v) is 7.99. The van der Waals surface area contributed by atoms with Crippen molar-refractivity contribution >= 4 is 6.01 Å². The maximum absolute atomic E-state index is 5.43. The van der Waals surface area contributed by atoms with Crippen molar-refractivity contribution in [2.75, 3.05) is 5.73 Å². The van der Waals surface area contributed by atoms with Crippen LogP contribution < -0.4 is 5.73 Å². The monoisotopic (exact) mass is 192 g/mol. The highest BCUT2D eigenvalue weighted by molar-refractivity contribution is 5.19. The molecule has 0 bridgehead atoms. The number of hydrogen-bond acceptors (Lipinski definition) is 4. The summed E-state index contributed by atoms with van der Waals surface area (Å²) in [5.74, 6) is 1.74. The molecule has 0 atom stereocenters. The van der Waals surface area contributed by atoms with Gasteiger partial charge in [0.05, 0.1) is 12.0 Å². The molecular weight excluding hydrogens is 180 g/mol. The predicted molar refractivity (Wildman–Crippen MR) is 51.8 cm³/mol. The van der Waals surface area contributed by atoms with Crippen LogP contribution in [0.25, 0.3) is 0 Å². The summed E-state index contributed by atoms with van der Waals surface area (Å²) in [7, 11) is 0. The highest BCUT2D eigenvalue weighted by Gasteiger charge is 2.07. The van der Waals surface area contributed by atoms with E-state index in [4.69, 9.17) is 14.6 Å². The molecule has 0 radical (unpaired) electrons. The molecule has 0 aliphatic carbocycles. The molecule has 2 N–H and O–H groups in total. The van der Waals surface area contributed by atoms with E-state index in [0.717, 1.165) is 30.1 Å². The van der Waals surface area contributed by atoms with Gasteiger partial charge in [-0.3, -0.25) is 0 Å². The quantitative estimate of drug-likeness (QED) is 0.807. The van der Waals surface area contributed by atoms with Gasteiger partial charge in [-0.1, -0.05) is 0 Å². The molecule has 2 aromatic heterocycles. The van der Waals surface area contributed by atoms with E-state index >= 15 is 0 Å². The van der Waals surface area contributed by atoms with Crippen LogP contribution in [0.5, 0.6) is 0 Å². The average molecular weight is 192 g/mol. The lowest BCUT2D eigenvalue weighted by atomic mass is 10.2. The Bertz CT molecular complexity index is 404. The molecule has 0 aromatic carbocycles. The smallest absolute Gasteiger partial charge is 0.292 e. The molecule has 0 amide bonds. The maximum Gasteiger partial charge on any atom is 0.292 e. The molecule has 0 aliphatic rings. The van der Waals surface area contributed by atoms with Gasteiger partial charge >= 0.3 is 0 Å². The third kappa shape index (κ3) is 1.79. The van der Waals surface area contributed by atoms with Gasteiger partial charge in [-0.2, -0.15) is 4.98 Å². The van der Waals surface area contributed by atoms with Crippen LogP contribution in [0.3, 0.4) is 0 Å². The first-order valence-corrected chi connectivity index (χ1v) is 4.50. The van der Waals surface area contributed by atoms with Crippen LogP contribution in [-0.4, -0.2) is 4.98 Å². The van der Waals surface area contributed by atoms with Gasteiger partial charge in [0.1, 0.15) is 11.5 Å². The zero-order chi connectivity index (χ0) is 9.97. The van der Waals surface area contributed by atoms with Crippen LogP contribution in [0.15, 0.2) is 27.2 Å². The molecule has 14 heavy (non-hydrogen) atoms. The molecule has 4 heteroatoms. The second kappa shape index (κ2) is 3.57. The second-order valence-corrected chi connectivity index (χ2v) is 3.13. The summed E-state index contributed by atoms with van der Waals surface area (Å²) in [5, 5.41) is 0. The van der Waals surface area contributed by atoms with Crippen molar-refractivity contribution in [1.29, 1.82) is 0 Å². The van der Waals surface area contributed by atoms with E-state index in [2.05, 4.69) is 4.98 Å². The van der Waals surface area contributed by atoms with Crippen LogP contribution in [0.2, 0.25) is 0 Å². The van der Waals surface area contributed by atoms with Crippen LogP contribution in [-0.2, 0) is 12.8 Å². The highest BCUT2D eigenvalue weighted by Crippen LogP contribution is 2.14. The lowest BCUT2D eigenvalue weighted by Crippen LogP contribution is -1.92. The minimum absolute atomic E-state index is 0.233. The van der Waals surface area contributed by atoms with Gasteiger partial charge in [0.15, 0.2) is 0 Å². The van der Waals surface area contributed by atoms with Crippen molar-refractivity contribution in [3.8, 4) is 0 Å². The summed E-state index contributed by atoms with van der Waals surface area (Å²) in [6, 6.07) is 4.05. The van der Waals surface area contributed by atoms with Crippen LogP contribution in [0, 0.1) is 6.92 Å². The Labute approximate surface area is 81.7 Å². The molecule has 0 unspecified atom stereocenters. The second-order valence-electron chi connectivity index (χ2n) is 3.13. The number of nitrogen functional groups attached to an aromatic ring is 1. The first kappa shape index (κ1) is 8.87. The fraction of sp³-hybridized carbons (Fsp3) is 0.300. The van der Waals surface area contributed by atoms with Gasteiger partial charge in [-0.15, -0.1) is 0 Å². The summed E-state index contributed by atoms with van der Waals surface area (Å²) < 4.78 is 10.3. The number of nitrogens with two attached hydrogens (primary N) is 1. The van der Waals surface area contributed by atoms with E-state index in [9.17, 15) is 0 Å². The fourth-order valence-electron chi connectivity index (χ4n) is 1.38. The minimum Gasteiger partial charge on any atom is -0.469 e. The molecule has 0 fully saturated rings. The molecule has 74 valence electrons. The maximum atomic E-state index is 5.43. The highest BCUT2D eigenvalue weighted by atomic mass is 16.4. The van der Waals surface area contributed by atoms with Gasteiger partial charge < -0.3 is 14.6 Å². The normalized spacial score (nSPS) is 10.6. The Morgan fingerprint density at radius 1 is 1.43 bits per heavy atom. The number of nitrogens with zero attached hydrogens (tertiary/aromatic N) is 1. The number of rotatable bonds is 3. The van der Waals surface area contributed by atoms with Crippen molar-refractivity contribution in [3.63, 3.8) is 0 Å². The van der Waals surface area contributed by atoms with Crippen LogP contribution >= 0.6 is 0 Å². The average Bonchev–Trinajstić information content (AvgIpc) is 2.72. The van der Waals surface area contributed by atoms with Gasteiger partial charge in [-0.05, 0) is 19.1 Å². The zero-order valence-electron chi connectivity index (χ0n) is 7.99. The summed E-state index contributed by atoms with van der Waals surface area (Å²) >= 11 is 0. The third-order valence-electron chi connectivity index (χ3n) is 2.10. The van der Waals surface area contributed by atoms with Gasteiger partial charge in [0, 0.05) is 12.8 Å². The molecule has 0 aliphatic heterocycles. The van der Waals surface area contributed by atoms with E-state index in [-0.39, 0.29) is 6.01 Å². The predicted octanol–water partition coefficient (Wildman–Crippen LogP) is 1.94. The first-order valence-electron chi connectivity index (χ1n) is 4.50. The standard InChI is InChI=1S/C10H12N2O2/c1-7-9(12-10(11)14-7)5-4-8-3-2-6-13-8/h2-3,6H,4-5H2,1H3,(H2,11,12). The molecular formula is C10H12N2O2. The number of aromatic nitrogens is 1. The Morgan fingerprint density at radius 2 is 2.29 bits per heavy atom. The van der Waals surface area contributed by atoms with Crippen molar-refractivity contribution in [3.05, 3.63) is 35.6 Å². The topological polar surface area (TPSA) is 65.2 Å². The SMILES string of the molecule is Cc1oc(N)nc1CCc1ccco1. The third-order valence-corrected chi connectivity index (χ3v) is 2.10. The summed E-state index contributed by atoms with van der Waals surface area (Å²) in [6.07, 6.45) is 3.28. The Morgan fingerprint density at radius 3 is 2.86 bits per heavy atom. The van der Waals surface area contributed by atoms with Crippen molar-refractivity contribution in [2.45, 2.75) is 19.8 Å². The molecule has 4 nitrogen and oxygen atoms in total. The van der Waals surface area contributed by atoms with Crippen molar-refractivity contribution < 1.29 is 8.83 Å². The summed E-state index contributed by atoms with van der Waals surface area (Å²) in [6.45, 7) is 1.86. The number of aryl methyl sites for hydroxylation is 3. The summed E-state index contributed by atoms with van der Waals surface area (Å²) in [4.78, 5) is 4.08. The van der Waals surface area contributed by atoms with Crippen LogP contribution in [0.1, 0.15) is 17.2 Å². The Balaban J connectivity index is 2.01. The number of furan rings is 1. The van der Waals surface area contributed by atoms with E-state index in [1.54, 1.807) is 6.26 Å². The number of oxazole rings is 1. The number of hydrogen-bond donors (Lipinski definition) is 1. The lowest BCUT2D eigenvalue weighted by molar-refractivity contribution is 0.505.